The number of anilines is 2. The quantitative estimate of drug-likeness (QED) is 0.696. The van der Waals surface area contributed by atoms with Gasteiger partial charge in [-0.2, -0.15) is 5.10 Å². The number of hydrazone groups is 1. The van der Waals surface area contributed by atoms with Gasteiger partial charge in [0, 0.05) is 61.2 Å². The summed E-state index contributed by atoms with van der Waals surface area (Å²) in [4.78, 5) is 25.8. The molecule has 0 radical (unpaired) electrons. The molecule has 1 aliphatic heterocycles. The average Bonchev–Trinajstić information content (AvgIpc) is 3.42. The molecule has 8 heteroatoms. The van der Waals surface area contributed by atoms with Gasteiger partial charge in [0.05, 0.1) is 5.69 Å². The van der Waals surface area contributed by atoms with Gasteiger partial charge >= 0.3 is 0 Å². The van der Waals surface area contributed by atoms with Gasteiger partial charge in [-0.3, -0.25) is 14.8 Å². The fourth-order valence-corrected chi connectivity index (χ4v) is 4.17. The molecule has 0 aromatic carbocycles. The second-order valence-corrected chi connectivity index (χ2v) is 8.14. The molecule has 1 unspecified atom stereocenters. The minimum Gasteiger partial charge on any atom is -0.383 e. The number of nitrogen functional groups attached to an aromatic ring is 1. The van der Waals surface area contributed by atoms with Crippen LogP contribution in [0.1, 0.15) is 12.0 Å². The van der Waals surface area contributed by atoms with E-state index < -0.39 is 0 Å². The lowest BCUT2D eigenvalue weighted by Gasteiger charge is -2.11. The average molecular weight is 401 g/mol. The topological polar surface area (TPSA) is 109 Å². The van der Waals surface area contributed by atoms with Crippen molar-refractivity contribution >= 4 is 34.5 Å². The molecular weight excluding hydrogens is 378 g/mol. The third-order valence-corrected chi connectivity index (χ3v) is 5.97. The maximum atomic E-state index is 12.7. The summed E-state index contributed by atoms with van der Waals surface area (Å²) in [5.41, 5.74) is 8.93. The number of rotatable bonds is 4. The van der Waals surface area contributed by atoms with E-state index in [0.29, 0.717) is 23.5 Å². The molecule has 0 saturated heterocycles. The van der Waals surface area contributed by atoms with E-state index in [9.17, 15) is 4.79 Å². The minimum absolute atomic E-state index is 0.0140. The number of fused-ring (bicyclic) bond motifs is 1. The first-order chi connectivity index (χ1) is 14.5. The van der Waals surface area contributed by atoms with Crippen LogP contribution in [0.15, 0.2) is 41.9 Å². The van der Waals surface area contributed by atoms with Gasteiger partial charge in [0.15, 0.2) is 0 Å². The maximum absolute atomic E-state index is 12.7. The number of amides is 1. The summed E-state index contributed by atoms with van der Waals surface area (Å²) in [6.07, 6.45) is 8.05. The highest BCUT2D eigenvalue weighted by atomic mass is 16.2. The fourth-order valence-electron chi connectivity index (χ4n) is 4.17. The summed E-state index contributed by atoms with van der Waals surface area (Å²) in [6, 6.07) is 5.74. The van der Waals surface area contributed by atoms with Gasteiger partial charge in [-0.25, -0.2) is 9.97 Å². The monoisotopic (exact) mass is 401 g/mol. The first-order valence-electron chi connectivity index (χ1n) is 10.0. The molecule has 0 bridgehead atoms. The highest BCUT2D eigenvalue weighted by molar-refractivity contribution is 5.98. The van der Waals surface area contributed by atoms with Gasteiger partial charge < -0.3 is 11.1 Å². The summed E-state index contributed by atoms with van der Waals surface area (Å²) < 4.78 is 0. The Balaban J connectivity index is 1.37. The Morgan fingerprint density at radius 2 is 2.17 bits per heavy atom. The normalized spacial score (nSPS) is 22.5. The Morgan fingerprint density at radius 1 is 1.30 bits per heavy atom. The Morgan fingerprint density at radius 3 is 2.93 bits per heavy atom. The van der Waals surface area contributed by atoms with Gasteiger partial charge in [-0.1, -0.05) is 0 Å². The van der Waals surface area contributed by atoms with E-state index in [2.05, 4.69) is 25.4 Å². The lowest BCUT2D eigenvalue weighted by atomic mass is 10.0. The number of carbonyl (C=O) groups is 1. The maximum Gasteiger partial charge on any atom is 0.228 e. The highest BCUT2D eigenvalue weighted by Crippen LogP contribution is 2.45. The second kappa shape index (κ2) is 7.05. The number of hydrogen-bond acceptors (Lipinski definition) is 7. The van der Waals surface area contributed by atoms with Crippen LogP contribution in [0.25, 0.3) is 22.0 Å². The lowest BCUT2D eigenvalue weighted by molar-refractivity contribution is -0.117. The number of carbonyl (C=O) groups excluding carboxylic acids is 1. The number of nitrogens with two attached hydrogens (primary N) is 1. The molecule has 3 N–H and O–H groups in total. The summed E-state index contributed by atoms with van der Waals surface area (Å²) in [7, 11) is 1.95. The van der Waals surface area contributed by atoms with Crippen LogP contribution in [0.5, 0.6) is 0 Å². The van der Waals surface area contributed by atoms with E-state index in [1.165, 1.54) is 0 Å². The Hall–Kier alpha value is -3.55. The molecule has 3 aromatic heterocycles. The van der Waals surface area contributed by atoms with Crippen molar-refractivity contribution in [2.45, 2.75) is 13.3 Å². The molecule has 30 heavy (non-hydrogen) atoms. The molecule has 4 heterocycles. The molecule has 3 atom stereocenters. The molecule has 1 aliphatic carbocycles. The SMILES string of the molecule is Cc1ccncc1-c1cc2cc(NC(=O)[C@H]3C[C@@H]3C3C=NN(C)C3)ncc2c(N)n1. The Labute approximate surface area is 174 Å². The zero-order chi connectivity index (χ0) is 20.8. The first kappa shape index (κ1) is 18.5. The van der Waals surface area contributed by atoms with Crippen LogP contribution in [0.3, 0.4) is 0 Å². The van der Waals surface area contributed by atoms with Crippen LogP contribution >= 0.6 is 0 Å². The van der Waals surface area contributed by atoms with Crippen molar-refractivity contribution in [1.29, 1.82) is 0 Å². The van der Waals surface area contributed by atoms with E-state index >= 15 is 0 Å². The van der Waals surface area contributed by atoms with Crippen LogP contribution < -0.4 is 11.1 Å². The summed E-state index contributed by atoms with van der Waals surface area (Å²) in [6.45, 7) is 2.89. The number of aromatic nitrogens is 3. The summed E-state index contributed by atoms with van der Waals surface area (Å²) in [5, 5.41) is 10.8. The van der Waals surface area contributed by atoms with Crippen LogP contribution in [-0.2, 0) is 4.79 Å². The van der Waals surface area contributed by atoms with Crippen molar-refractivity contribution in [2.24, 2.45) is 22.9 Å². The fraction of sp³-hybridized carbons (Fsp3) is 0.318. The van der Waals surface area contributed by atoms with Crippen LogP contribution in [0, 0.1) is 24.7 Å². The predicted octanol–water partition coefficient (Wildman–Crippen LogP) is 2.70. The highest BCUT2D eigenvalue weighted by Gasteiger charge is 2.48. The number of nitrogens with one attached hydrogen (secondary N) is 1. The van der Waals surface area contributed by atoms with Crippen LogP contribution in [0.2, 0.25) is 0 Å². The standard InChI is InChI=1S/C22H23N7O/c1-12-3-4-24-9-17(12)19-5-13-6-20(25-10-18(13)21(23)27-19)28-22(30)16-7-15(16)14-8-26-29(2)11-14/h3-6,8-10,14-16H,7,11H2,1-2H3,(H2,23,27)(H,25,28,30)/t14?,15-,16+/m1/s1. The first-order valence-corrected chi connectivity index (χ1v) is 10.0. The number of hydrogen-bond donors (Lipinski definition) is 2. The predicted molar refractivity (Wildman–Crippen MR) is 117 cm³/mol. The second-order valence-electron chi connectivity index (χ2n) is 8.14. The van der Waals surface area contributed by atoms with Crippen LogP contribution in [-0.4, -0.2) is 45.7 Å². The molecule has 1 saturated carbocycles. The molecule has 1 fully saturated rings. The third kappa shape index (κ3) is 3.34. The van der Waals surface area contributed by atoms with Gasteiger partial charge in [-0.15, -0.1) is 0 Å². The number of aryl methyl sites for hydroxylation is 1. The molecule has 0 spiro atoms. The molecule has 1 amide bonds. The van der Waals surface area contributed by atoms with E-state index in [1.54, 1.807) is 18.6 Å². The van der Waals surface area contributed by atoms with Gasteiger partial charge in [0.2, 0.25) is 5.91 Å². The molecule has 8 nitrogen and oxygen atoms in total. The van der Waals surface area contributed by atoms with Crippen molar-refractivity contribution in [3.63, 3.8) is 0 Å². The zero-order valence-electron chi connectivity index (χ0n) is 16.9. The minimum atomic E-state index is 0.0140. The van der Waals surface area contributed by atoms with Gasteiger partial charge in [0.25, 0.3) is 0 Å². The number of nitrogens with zero attached hydrogens (tertiary/aromatic N) is 5. The number of pyridine rings is 3. The zero-order valence-corrected chi connectivity index (χ0v) is 16.9. The van der Waals surface area contributed by atoms with Crippen LogP contribution in [0.4, 0.5) is 11.6 Å². The van der Waals surface area contributed by atoms with E-state index in [4.69, 9.17) is 5.73 Å². The Kier molecular flexibility index (Phi) is 4.34. The van der Waals surface area contributed by atoms with E-state index in [1.807, 2.05) is 43.4 Å². The van der Waals surface area contributed by atoms with Crippen molar-refractivity contribution < 1.29 is 4.79 Å². The third-order valence-electron chi connectivity index (χ3n) is 5.97. The molecule has 3 aromatic rings. The smallest absolute Gasteiger partial charge is 0.228 e. The van der Waals surface area contributed by atoms with Gasteiger partial charge in [-0.05, 0) is 48.4 Å². The molecule has 5 rings (SSSR count). The summed E-state index contributed by atoms with van der Waals surface area (Å²) >= 11 is 0. The molecule has 152 valence electrons. The Bertz CT molecular complexity index is 1180. The lowest BCUT2D eigenvalue weighted by Crippen LogP contribution is -2.20. The van der Waals surface area contributed by atoms with Crippen molar-refractivity contribution in [2.75, 3.05) is 24.6 Å². The van der Waals surface area contributed by atoms with Crippen molar-refractivity contribution in [3.05, 3.63) is 42.4 Å². The molecular formula is C22H23N7O. The molecule has 2 aliphatic rings. The summed E-state index contributed by atoms with van der Waals surface area (Å²) in [5.74, 6) is 1.67. The van der Waals surface area contributed by atoms with Crippen molar-refractivity contribution in [1.82, 2.24) is 20.0 Å². The largest absolute Gasteiger partial charge is 0.383 e. The van der Waals surface area contributed by atoms with Crippen molar-refractivity contribution in [3.8, 4) is 11.3 Å². The van der Waals surface area contributed by atoms with E-state index in [-0.39, 0.29) is 11.8 Å². The van der Waals surface area contributed by atoms with E-state index in [0.717, 1.165) is 40.6 Å². The van der Waals surface area contributed by atoms with Gasteiger partial charge in [0.1, 0.15) is 11.6 Å².